The van der Waals surface area contributed by atoms with Crippen LogP contribution in [0.5, 0.6) is 0 Å². The standard InChI is InChI=1S/C13H21N3/c1-2-4-6-11(5-3-1)12-7-15-16(10-12)13-8-14-9-13/h7,10-11,13-14H,1-6,8-9H2. The molecule has 1 N–H and O–H groups in total. The maximum absolute atomic E-state index is 4.52. The molecule has 2 aliphatic rings. The zero-order valence-electron chi connectivity index (χ0n) is 9.86. The van der Waals surface area contributed by atoms with E-state index in [0.717, 1.165) is 19.0 Å². The number of aromatic nitrogens is 2. The van der Waals surface area contributed by atoms with Crippen LogP contribution in [0.2, 0.25) is 0 Å². The molecule has 0 amide bonds. The van der Waals surface area contributed by atoms with Gasteiger partial charge in [-0.1, -0.05) is 25.7 Å². The molecule has 3 heteroatoms. The molecule has 2 heterocycles. The van der Waals surface area contributed by atoms with Crippen LogP contribution in [-0.4, -0.2) is 22.9 Å². The van der Waals surface area contributed by atoms with Crippen molar-refractivity contribution < 1.29 is 0 Å². The van der Waals surface area contributed by atoms with Crippen LogP contribution in [-0.2, 0) is 0 Å². The van der Waals surface area contributed by atoms with Gasteiger partial charge in [0, 0.05) is 19.3 Å². The third kappa shape index (κ3) is 2.01. The van der Waals surface area contributed by atoms with Crippen LogP contribution < -0.4 is 5.32 Å². The molecule has 2 fully saturated rings. The molecule has 0 unspecified atom stereocenters. The Bertz CT molecular complexity index is 333. The summed E-state index contributed by atoms with van der Waals surface area (Å²) in [6.07, 6.45) is 12.8. The summed E-state index contributed by atoms with van der Waals surface area (Å²) in [5.74, 6) is 0.782. The minimum Gasteiger partial charge on any atom is -0.312 e. The summed E-state index contributed by atoms with van der Waals surface area (Å²) in [5.41, 5.74) is 1.48. The minimum atomic E-state index is 0.611. The fourth-order valence-corrected chi connectivity index (χ4v) is 2.84. The van der Waals surface area contributed by atoms with E-state index in [0.29, 0.717) is 6.04 Å². The Labute approximate surface area is 97.2 Å². The van der Waals surface area contributed by atoms with Gasteiger partial charge in [-0.25, -0.2) is 0 Å². The van der Waals surface area contributed by atoms with E-state index in [9.17, 15) is 0 Å². The Morgan fingerprint density at radius 1 is 1.12 bits per heavy atom. The molecule has 3 nitrogen and oxygen atoms in total. The molecule has 88 valence electrons. The summed E-state index contributed by atoms with van der Waals surface area (Å²) in [7, 11) is 0. The second-order valence-corrected chi connectivity index (χ2v) is 5.25. The molecule has 1 aliphatic heterocycles. The number of nitrogens with zero attached hydrogens (tertiary/aromatic N) is 2. The summed E-state index contributed by atoms with van der Waals surface area (Å²) in [6, 6.07) is 0.611. The topological polar surface area (TPSA) is 29.9 Å². The van der Waals surface area contributed by atoms with Crippen molar-refractivity contribution >= 4 is 0 Å². The van der Waals surface area contributed by atoms with Gasteiger partial charge in [0.05, 0.1) is 12.2 Å². The molecule has 0 bridgehead atoms. The van der Waals surface area contributed by atoms with Crippen LogP contribution in [0.1, 0.15) is 56.0 Å². The van der Waals surface area contributed by atoms with Crippen LogP contribution in [0.3, 0.4) is 0 Å². The van der Waals surface area contributed by atoms with Crippen molar-refractivity contribution in [2.45, 2.75) is 50.5 Å². The fourth-order valence-electron chi connectivity index (χ4n) is 2.84. The SMILES string of the molecule is c1nn(C2CNC2)cc1C1CCCCCC1. The van der Waals surface area contributed by atoms with Crippen molar-refractivity contribution in [3.05, 3.63) is 18.0 Å². The maximum Gasteiger partial charge on any atom is 0.0767 e. The zero-order chi connectivity index (χ0) is 10.8. The Hall–Kier alpha value is -0.830. The summed E-state index contributed by atoms with van der Waals surface area (Å²) in [5, 5.41) is 7.82. The molecule has 3 rings (SSSR count). The van der Waals surface area contributed by atoms with Gasteiger partial charge in [0.25, 0.3) is 0 Å². The van der Waals surface area contributed by atoms with E-state index in [-0.39, 0.29) is 0 Å². The van der Waals surface area contributed by atoms with Crippen LogP contribution in [0.25, 0.3) is 0 Å². The molecule has 1 aliphatic carbocycles. The molecular weight excluding hydrogens is 198 g/mol. The second kappa shape index (κ2) is 4.58. The third-order valence-corrected chi connectivity index (χ3v) is 4.08. The predicted octanol–water partition coefficient (Wildman–Crippen LogP) is 2.47. The Kier molecular flexibility index (Phi) is 2.96. The Morgan fingerprint density at radius 3 is 2.50 bits per heavy atom. The fraction of sp³-hybridized carbons (Fsp3) is 0.769. The molecule has 0 spiro atoms. The largest absolute Gasteiger partial charge is 0.312 e. The van der Waals surface area contributed by atoms with Crippen LogP contribution in [0, 0.1) is 0 Å². The molecule has 0 aromatic carbocycles. The summed E-state index contributed by atoms with van der Waals surface area (Å²) in [6.45, 7) is 2.18. The van der Waals surface area contributed by atoms with Gasteiger partial charge < -0.3 is 5.32 Å². The van der Waals surface area contributed by atoms with Gasteiger partial charge in [-0.3, -0.25) is 4.68 Å². The lowest BCUT2D eigenvalue weighted by Crippen LogP contribution is -2.43. The Balaban J connectivity index is 1.70. The monoisotopic (exact) mass is 219 g/mol. The molecule has 0 radical (unpaired) electrons. The highest BCUT2D eigenvalue weighted by atomic mass is 15.3. The van der Waals surface area contributed by atoms with Crippen LogP contribution >= 0.6 is 0 Å². The van der Waals surface area contributed by atoms with Crippen molar-refractivity contribution in [2.24, 2.45) is 0 Å². The van der Waals surface area contributed by atoms with E-state index < -0.39 is 0 Å². The summed E-state index contributed by atoms with van der Waals surface area (Å²) in [4.78, 5) is 0. The minimum absolute atomic E-state index is 0.611. The van der Waals surface area contributed by atoms with Crippen molar-refractivity contribution in [3.8, 4) is 0 Å². The van der Waals surface area contributed by atoms with E-state index in [2.05, 4.69) is 27.5 Å². The Morgan fingerprint density at radius 2 is 1.88 bits per heavy atom. The van der Waals surface area contributed by atoms with E-state index in [1.165, 1.54) is 44.1 Å². The molecule has 1 aromatic heterocycles. The lowest BCUT2D eigenvalue weighted by Gasteiger charge is -2.27. The summed E-state index contributed by atoms with van der Waals surface area (Å²) < 4.78 is 2.16. The van der Waals surface area contributed by atoms with Crippen molar-refractivity contribution in [1.82, 2.24) is 15.1 Å². The smallest absolute Gasteiger partial charge is 0.0767 e. The third-order valence-electron chi connectivity index (χ3n) is 4.08. The van der Waals surface area contributed by atoms with Gasteiger partial charge in [-0.15, -0.1) is 0 Å². The summed E-state index contributed by atoms with van der Waals surface area (Å²) >= 11 is 0. The van der Waals surface area contributed by atoms with Gasteiger partial charge in [0.2, 0.25) is 0 Å². The van der Waals surface area contributed by atoms with E-state index in [1.54, 1.807) is 0 Å². The first-order chi connectivity index (χ1) is 7.93. The maximum atomic E-state index is 4.52. The zero-order valence-corrected chi connectivity index (χ0v) is 9.86. The van der Waals surface area contributed by atoms with Crippen molar-refractivity contribution in [3.63, 3.8) is 0 Å². The quantitative estimate of drug-likeness (QED) is 0.774. The highest BCUT2D eigenvalue weighted by Gasteiger charge is 2.21. The molecule has 0 atom stereocenters. The van der Waals surface area contributed by atoms with Gasteiger partial charge in [0.15, 0.2) is 0 Å². The average molecular weight is 219 g/mol. The number of nitrogens with one attached hydrogen (secondary N) is 1. The van der Waals surface area contributed by atoms with E-state index in [1.807, 2.05) is 0 Å². The first-order valence-corrected chi connectivity index (χ1v) is 6.68. The first-order valence-electron chi connectivity index (χ1n) is 6.68. The predicted molar refractivity (Wildman–Crippen MR) is 64.6 cm³/mol. The average Bonchev–Trinajstić information content (AvgIpc) is 2.52. The van der Waals surface area contributed by atoms with Crippen LogP contribution in [0.4, 0.5) is 0 Å². The molecule has 16 heavy (non-hydrogen) atoms. The van der Waals surface area contributed by atoms with Crippen molar-refractivity contribution in [1.29, 1.82) is 0 Å². The lowest BCUT2D eigenvalue weighted by atomic mass is 9.94. The number of hydrogen-bond acceptors (Lipinski definition) is 2. The van der Waals surface area contributed by atoms with Gasteiger partial charge in [-0.2, -0.15) is 5.10 Å². The molecular formula is C13H21N3. The van der Waals surface area contributed by atoms with E-state index >= 15 is 0 Å². The number of hydrogen-bond donors (Lipinski definition) is 1. The normalized spacial score (nSPS) is 24.0. The van der Waals surface area contributed by atoms with Gasteiger partial charge in [0.1, 0.15) is 0 Å². The van der Waals surface area contributed by atoms with E-state index in [4.69, 9.17) is 0 Å². The highest BCUT2D eigenvalue weighted by molar-refractivity contribution is 5.12. The number of rotatable bonds is 2. The molecule has 1 aromatic rings. The molecule has 1 saturated carbocycles. The second-order valence-electron chi connectivity index (χ2n) is 5.25. The lowest BCUT2D eigenvalue weighted by molar-refractivity contribution is 0.318. The first kappa shape index (κ1) is 10.3. The molecule has 1 saturated heterocycles. The highest BCUT2D eigenvalue weighted by Crippen LogP contribution is 2.31. The van der Waals surface area contributed by atoms with Gasteiger partial charge in [-0.05, 0) is 24.3 Å². The van der Waals surface area contributed by atoms with Crippen LogP contribution in [0.15, 0.2) is 12.4 Å². The van der Waals surface area contributed by atoms with Crippen molar-refractivity contribution in [2.75, 3.05) is 13.1 Å². The van der Waals surface area contributed by atoms with Gasteiger partial charge >= 0.3 is 0 Å².